The Labute approximate surface area is 123 Å². The van der Waals surface area contributed by atoms with Crippen molar-refractivity contribution in [1.82, 2.24) is 4.98 Å². The van der Waals surface area contributed by atoms with E-state index in [1.165, 1.54) is 11.3 Å². The molecule has 0 saturated heterocycles. The van der Waals surface area contributed by atoms with Gasteiger partial charge in [0.05, 0.1) is 17.0 Å². The van der Waals surface area contributed by atoms with Crippen molar-refractivity contribution in [2.75, 3.05) is 0 Å². The Balaban J connectivity index is 2.10. The third-order valence-corrected chi connectivity index (χ3v) is 5.06. The minimum atomic E-state index is 0.0454. The number of carbonyl (C=O) groups is 1. The summed E-state index contributed by atoms with van der Waals surface area (Å²) in [6.45, 7) is 6.39. The third-order valence-electron chi connectivity index (χ3n) is 2.47. The van der Waals surface area contributed by atoms with Gasteiger partial charge in [-0.05, 0) is 22.0 Å². The maximum absolute atomic E-state index is 12.0. The fraction of sp³-hybridized carbons (Fsp3) is 0.385. The van der Waals surface area contributed by atoms with Crippen molar-refractivity contribution < 1.29 is 4.79 Å². The highest BCUT2D eigenvalue weighted by Crippen LogP contribution is 2.26. The van der Waals surface area contributed by atoms with E-state index in [1.807, 2.05) is 16.8 Å². The summed E-state index contributed by atoms with van der Waals surface area (Å²) in [5.41, 5.74) is 1.10. The fourth-order valence-corrected chi connectivity index (χ4v) is 3.81. The molecule has 0 unspecified atom stereocenters. The highest BCUT2D eigenvalue weighted by Gasteiger charge is 2.19. The van der Waals surface area contributed by atoms with Crippen LogP contribution in [0.2, 0.25) is 0 Å². The van der Waals surface area contributed by atoms with E-state index in [2.05, 4.69) is 41.7 Å². The van der Waals surface area contributed by atoms with Crippen LogP contribution in [0, 0.1) is 0 Å². The maximum atomic E-state index is 12.0. The quantitative estimate of drug-likeness (QED) is 0.756. The molecule has 0 bridgehead atoms. The van der Waals surface area contributed by atoms with Crippen LogP contribution in [-0.4, -0.2) is 10.8 Å². The largest absolute Gasteiger partial charge is 0.293 e. The highest BCUT2D eigenvalue weighted by molar-refractivity contribution is 9.10. The Morgan fingerprint density at radius 2 is 2.06 bits per heavy atom. The lowest BCUT2D eigenvalue weighted by atomic mass is 9.93. The van der Waals surface area contributed by atoms with Crippen molar-refractivity contribution in [3.63, 3.8) is 0 Å². The van der Waals surface area contributed by atoms with Crippen molar-refractivity contribution in [3.05, 3.63) is 36.9 Å². The molecule has 2 aromatic rings. The van der Waals surface area contributed by atoms with Gasteiger partial charge in [-0.1, -0.05) is 20.8 Å². The van der Waals surface area contributed by atoms with E-state index in [1.54, 1.807) is 11.3 Å². The van der Waals surface area contributed by atoms with Gasteiger partial charge in [-0.3, -0.25) is 4.79 Å². The molecule has 0 N–H and O–H groups in total. The van der Waals surface area contributed by atoms with Gasteiger partial charge in [-0.25, -0.2) is 4.98 Å². The Hall–Kier alpha value is -0.520. The van der Waals surface area contributed by atoms with E-state index in [4.69, 9.17) is 0 Å². The molecule has 2 rings (SSSR count). The lowest BCUT2D eigenvalue weighted by Gasteiger charge is -2.14. The van der Waals surface area contributed by atoms with Gasteiger partial charge in [0.2, 0.25) is 0 Å². The van der Waals surface area contributed by atoms with E-state index >= 15 is 0 Å². The first-order chi connectivity index (χ1) is 8.36. The molecule has 96 valence electrons. The second-order valence-electron chi connectivity index (χ2n) is 5.11. The molecule has 0 fully saturated rings. The van der Waals surface area contributed by atoms with Crippen LogP contribution < -0.4 is 0 Å². The summed E-state index contributed by atoms with van der Waals surface area (Å²) in [5.74, 6) is 0.139. The zero-order valence-electron chi connectivity index (χ0n) is 10.5. The van der Waals surface area contributed by atoms with Crippen LogP contribution in [0.4, 0.5) is 0 Å². The Bertz CT molecular complexity index is 566. The van der Waals surface area contributed by atoms with E-state index in [9.17, 15) is 4.79 Å². The Morgan fingerprint density at radius 3 is 2.56 bits per heavy atom. The molecule has 2 aromatic heterocycles. The van der Waals surface area contributed by atoms with Crippen molar-refractivity contribution >= 4 is 44.4 Å². The molecule has 2 heterocycles. The minimum Gasteiger partial charge on any atom is -0.293 e. The van der Waals surface area contributed by atoms with Crippen LogP contribution >= 0.6 is 38.6 Å². The topological polar surface area (TPSA) is 30.0 Å². The molecule has 0 amide bonds. The number of halogens is 1. The van der Waals surface area contributed by atoms with E-state index in [0.29, 0.717) is 6.42 Å². The third kappa shape index (κ3) is 3.28. The summed E-state index contributed by atoms with van der Waals surface area (Å²) >= 11 is 6.40. The molecule has 0 aliphatic heterocycles. The first kappa shape index (κ1) is 13.9. The average molecular weight is 344 g/mol. The van der Waals surface area contributed by atoms with Gasteiger partial charge in [0.1, 0.15) is 5.01 Å². The lowest BCUT2D eigenvalue weighted by Crippen LogP contribution is -2.12. The predicted octanol–water partition coefficient (Wildman–Crippen LogP) is 4.69. The first-order valence-corrected chi connectivity index (χ1v) is 8.13. The number of nitrogens with zero attached hydrogens (tertiary/aromatic N) is 1. The monoisotopic (exact) mass is 343 g/mol. The van der Waals surface area contributed by atoms with Crippen molar-refractivity contribution in [1.29, 1.82) is 0 Å². The summed E-state index contributed by atoms with van der Waals surface area (Å²) in [6, 6.07) is 1.87. The number of carbonyl (C=O) groups excluding carboxylic acids is 1. The van der Waals surface area contributed by atoms with Crippen LogP contribution in [0.3, 0.4) is 0 Å². The van der Waals surface area contributed by atoms with Crippen molar-refractivity contribution in [3.8, 4) is 0 Å². The van der Waals surface area contributed by atoms with Gasteiger partial charge in [-0.15, -0.1) is 22.7 Å². The highest BCUT2D eigenvalue weighted by atomic mass is 79.9. The SMILES string of the molecule is CC(C)(C)c1csc(CC(=O)c2cc(Br)cs2)n1. The maximum Gasteiger partial charge on any atom is 0.179 e. The number of aromatic nitrogens is 1. The molecule has 0 radical (unpaired) electrons. The number of thiazole rings is 1. The molecule has 18 heavy (non-hydrogen) atoms. The smallest absolute Gasteiger partial charge is 0.179 e. The van der Waals surface area contributed by atoms with Crippen LogP contribution in [0.1, 0.15) is 41.1 Å². The van der Waals surface area contributed by atoms with Crippen LogP contribution in [0.5, 0.6) is 0 Å². The molecule has 0 saturated carbocycles. The molecular formula is C13H14BrNOS2. The van der Waals surface area contributed by atoms with Gasteiger partial charge < -0.3 is 0 Å². The fourth-order valence-electron chi connectivity index (χ4n) is 1.42. The molecular weight excluding hydrogens is 330 g/mol. The van der Waals surface area contributed by atoms with Crippen molar-refractivity contribution in [2.24, 2.45) is 0 Å². The summed E-state index contributed by atoms with van der Waals surface area (Å²) in [5, 5.41) is 4.87. The molecule has 0 aromatic carbocycles. The van der Waals surface area contributed by atoms with Crippen LogP contribution in [0.25, 0.3) is 0 Å². The van der Waals surface area contributed by atoms with Gasteiger partial charge in [-0.2, -0.15) is 0 Å². The molecule has 0 aliphatic rings. The van der Waals surface area contributed by atoms with Gasteiger partial charge in [0, 0.05) is 20.6 Å². The van der Waals surface area contributed by atoms with E-state index in [-0.39, 0.29) is 11.2 Å². The van der Waals surface area contributed by atoms with Crippen molar-refractivity contribution in [2.45, 2.75) is 32.6 Å². The standard InChI is InChI=1S/C13H14BrNOS2/c1-13(2,3)11-7-18-12(15-11)5-9(16)10-4-8(14)6-17-10/h4,6-7H,5H2,1-3H3. The van der Waals surface area contributed by atoms with Gasteiger partial charge >= 0.3 is 0 Å². The zero-order valence-corrected chi connectivity index (χ0v) is 13.7. The van der Waals surface area contributed by atoms with Crippen LogP contribution in [0.15, 0.2) is 21.3 Å². The minimum absolute atomic E-state index is 0.0454. The Morgan fingerprint density at radius 1 is 1.33 bits per heavy atom. The summed E-state index contributed by atoms with van der Waals surface area (Å²) in [7, 11) is 0. The molecule has 0 atom stereocenters. The predicted molar refractivity (Wildman–Crippen MR) is 80.9 cm³/mol. The average Bonchev–Trinajstić information content (AvgIpc) is 2.85. The molecule has 2 nitrogen and oxygen atoms in total. The number of hydrogen-bond acceptors (Lipinski definition) is 4. The zero-order chi connectivity index (χ0) is 13.3. The normalized spacial score (nSPS) is 11.8. The van der Waals surface area contributed by atoms with E-state index in [0.717, 1.165) is 20.1 Å². The number of Topliss-reactive ketones (excluding diaryl/α,β-unsaturated/α-hetero) is 1. The second kappa shape index (κ2) is 5.23. The molecule has 0 aliphatic carbocycles. The first-order valence-electron chi connectivity index (χ1n) is 5.58. The lowest BCUT2D eigenvalue weighted by molar-refractivity contribution is 0.0996. The second-order valence-corrected chi connectivity index (χ2v) is 7.88. The van der Waals surface area contributed by atoms with Gasteiger partial charge in [0.25, 0.3) is 0 Å². The number of hydrogen-bond donors (Lipinski definition) is 0. The van der Waals surface area contributed by atoms with E-state index < -0.39 is 0 Å². The summed E-state index contributed by atoms with van der Waals surface area (Å²) < 4.78 is 0.963. The summed E-state index contributed by atoms with van der Waals surface area (Å²) in [6.07, 6.45) is 0.397. The summed E-state index contributed by atoms with van der Waals surface area (Å²) in [4.78, 5) is 17.4. The molecule has 5 heteroatoms. The van der Waals surface area contributed by atoms with Crippen LogP contribution in [-0.2, 0) is 11.8 Å². The molecule has 0 spiro atoms. The number of thiophene rings is 1. The number of ketones is 1. The number of rotatable bonds is 3. The van der Waals surface area contributed by atoms with Gasteiger partial charge in [0.15, 0.2) is 5.78 Å². The Kier molecular flexibility index (Phi) is 4.04.